The summed E-state index contributed by atoms with van der Waals surface area (Å²) < 4.78 is 0. The second-order valence-electron chi connectivity index (χ2n) is 4.80. The molecule has 0 radical (unpaired) electrons. The Morgan fingerprint density at radius 3 is 2.21 bits per heavy atom. The van der Waals surface area contributed by atoms with Crippen molar-refractivity contribution < 1.29 is 4.79 Å². The average molecular weight is 199 g/mol. The molecule has 1 amide bonds. The van der Waals surface area contributed by atoms with Gasteiger partial charge in [0, 0.05) is 12.0 Å². The minimum Gasteiger partial charge on any atom is -0.351 e. The van der Waals surface area contributed by atoms with Gasteiger partial charge in [-0.05, 0) is 32.1 Å². The Bertz CT molecular complexity index is 185. The van der Waals surface area contributed by atoms with Gasteiger partial charge in [-0.2, -0.15) is 0 Å². The van der Waals surface area contributed by atoms with Gasteiger partial charge in [0.2, 0.25) is 5.91 Å². The van der Waals surface area contributed by atoms with Crippen LogP contribution in [0.5, 0.6) is 0 Å². The average Bonchev–Trinajstić information content (AvgIpc) is 2.27. The zero-order valence-corrected chi connectivity index (χ0v) is 10.5. The van der Waals surface area contributed by atoms with E-state index in [4.69, 9.17) is 0 Å². The molecule has 84 valence electrons. The van der Waals surface area contributed by atoms with Crippen LogP contribution in [0.1, 0.15) is 54.4 Å². The molecule has 1 unspecified atom stereocenters. The van der Waals surface area contributed by atoms with Gasteiger partial charge < -0.3 is 5.32 Å². The number of nitrogens with one attached hydrogen (secondary N) is 1. The lowest BCUT2D eigenvalue weighted by Gasteiger charge is -2.27. The molecular formula is C12H25NO. The molecule has 0 aromatic rings. The van der Waals surface area contributed by atoms with E-state index in [1.54, 1.807) is 0 Å². The van der Waals surface area contributed by atoms with Crippen molar-refractivity contribution in [2.24, 2.45) is 11.8 Å². The van der Waals surface area contributed by atoms with Gasteiger partial charge in [0.05, 0.1) is 0 Å². The summed E-state index contributed by atoms with van der Waals surface area (Å²) in [7, 11) is 0. The number of hydrogen-bond acceptors (Lipinski definition) is 1. The fourth-order valence-electron chi connectivity index (χ4n) is 1.94. The molecule has 0 bridgehead atoms. The molecule has 0 aromatic carbocycles. The van der Waals surface area contributed by atoms with Crippen LogP contribution in [0.2, 0.25) is 0 Å². The molecule has 1 aliphatic rings. The van der Waals surface area contributed by atoms with Gasteiger partial charge >= 0.3 is 0 Å². The van der Waals surface area contributed by atoms with E-state index in [2.05, 4.69) is 33.0 Å². The topological polar surface area (TPSA) is 29.1 Å². The van der Waals surface area contributed by atoms with Crippen LogP contribution in [-0.2, 0) is 4.79 Å². The van der Waals surface area contributed by atoms with Crippen molar-refractivity contribution in [3.8, 4) is 0 Å². The van der Waals surface area contributed by atoms with Gasteiger partial charge in [-0.25, -0.2) is 0 Å². The Labute approximate surface area is 88.5 Å². The largest absolute Gasteiger partial charge is 0.351 e. The van der Waals surface area contributed by atoms with Gasteiger partial charge in [-0.1, -0.05) is 27.7 Å². The van der Waals surface area contributed by atoms with Crippen LogP contribution in [0.4, 0.5) is 0 Å². The van der Waals surface area contributed by atoms with E-state index in [0.29, 0.717) is 18.3 Å². The summed E-state index contributed by atoms with van der Waals surface area (Å²) in [5, 5.41) is 3.01. The summed E-state index contributed by atoms with van der Waals surface area (Å²) in [6.07, 6.45) is 1.86. The summed E-state index contributed by atoms with van der Waals surface area (Å²) in [6.45, 7) is 12.6. The van der Waals surface area contributed by atoms with Crippen LogP contribution >= 0.6 is 0 Å². The lowest BCUT2D eigenvalue weighted by atomic mass is 9.83. The summed E-state index contributed by atoms with van der Waals surface area (Å²) in [4.78, 5) is 11.1. The maximum absolute atomic E-state index is 11.1. The molecule has 0 spiro atoms. The van der Waals surface area contributed by atoms with Crippen molar-refractivity contribution >= 4 is 5.91 Å². The van der Waals surface area contributed by atoms with Gasteiger partial charge in [0.15, 0.2) is 0 Å². The molecule has 1 N–H and O–H groups in total. The van der Waals surface area contributed by atoms with E-state index in [9.17, 15) is 4.79 Å². The quantitative estimate of drug-likeness (QED) is 0.728. The van der Waals surface area contributed by atoms with Crippen molar-refractivity contribution in [3.63, 3.8) is 0 Å². The van der Waals surface area contributed by atoms with E-state index in [0.717, 1.165) is 6.42 Å². The summed E-state index contributed by atoms with van der Waals surface area (Å²) in [6, 6.07) is 0. The van der Waals surface area contributed by atoms with Crippen molar-refractivity contribution in [2.75, 3.05) is 0 Å². The third kappa shape index (κ3) is 3.69. The van der Waals surface area contributed by atoms with E-state index in [1.165, 1.54) is 0 Å². The monoisotopic (exact) mass is 199 g/mol. The highest BCUT2D eigenvalue weighted by Crippen LogP contribution is 2.31. The normalized spacial score (nSPS) is 24.2. The molecule has 1 atom stereocenters. The lowest BCUT2D eigenvalue weighted by Crippen LogP contribution is -2.39. The first-order valence-electron chi connectivity index (χ1n) is 5.73. The predicted octanol–water partition coefficient (Wildman–Crippen LogP) is 2.97. The second kappa shape index (κ2) is 5.38. The zero-order chi connectivity index (χ0) is 11.4. The number of amides is 1. The minimum atomic E-state index is 0.0152. The lowest BCUT2D eigenvalue weighted by molar-refractivity contribution is -0.119. The van der Waals surface area contributed by atoms with Gasteiger partial charge in [-0.15, -0.1) is 0 Å². The van der Waals surface area contributed by atoms with E-state index in [-0.39, 0.29) is 11.4 Å². The first-order chi connectivity index (χ1) is 6.42. The van der Waals surface area contributed by atoms with Crippen LogP contribution in [0.25, 0.3) is 0 Å². The Morgan fingerprint density at radius 2 is 1.93 bits per heavy atom. The Kier molecular flexibility index (Phi) is 5.17. The van der Waals surface area contributed by atoms with Gasteiger partial charge in [0.25, 0.3) is 0 Å². The molecular weight excluding hydrogens is 174 g/mol. The standard InChI is InChI=1S/C10H19NO.C2H6/c1-7(2)5-8-6-9(12)11-10(8,3)4;1-2/h7-8H,5-6H2,1-4H3,(H,11,12);1-2H3. The molecule has 1 rings (SSSR count). The van der Waals surface area contributed by atoms with Crippen molar-refractivity contribution in [1.82, 2.24) is 5.32 Å². The van der Waals surface area contributed by atoms with E-state index < -0.39 is 0 Å². The SMILES string of the molecule is CC.CC(C)CC1CC(=O)NC1(C)C. The molecule has 0 aromatic heterocycles. The maximum atomic E-state index is 11.1. The highest BCUT2D eigenvalue weighted by atomic mass is 16.2. The van der Waals surface area contributed by atoms with Crippen molar-refractivity contribution in [1.29, 1.82) is 0 Å². The zero-order valence-electron chi connectivity index (χ0n) is 10.5. The first-order valence-corrected chi connectivity index (χ1v) is 5.73. The summed E-state index contributed by atoms with van der Waals surface area (Å²) >= 11 is 0. The van der Waals surface area contributed by atoms with Gasteiger partial charge in [0.1, 0.15) is 0 Å². The Morgan fingerprint density at radius 1 is 1.43 bits per heavy atom. The molecule has 1 fully saturated rings. The number of hydrogen-bond donors (Lipinski definition) is 1. The van der Waals surface area contributed by atoms with Gasteiger partial charge in [-0.3, -0.25) is 4.79 Å². The third-order valence-electron chi connectivity index (χ3n) is 2.67. The van der Waals surface area contributed by atoms with Crippen molar-refractivity contribution in [2.45, 2.75) is 59.9 Å². The maximum Gasteiger partial charge on any atom is 0.220 e. The predicted molar refractivity (Wildman–Crippen MR) is 61.1 cm³/mol. The molecule has 0 aliphatic carbocycles. The van der Waals surface area contributed by atoms with Crippen LogP contribution in [0.15, 0.2) is 0 Å². The van der Waals surface area contributed by atoms with Crippen LogP contribution < -0.4 is 5.32 Å². The van der Waals surface area contributed by atoms with Crippen LogP contribution in [0.3, 0.4) is 0 Å². The van der Waals surface area contributed by atoms with Crippen LogP contribution in [0, 0.1) is 11.8 Å². The smallest absolute Gasteiger partial charge is 0.220 e. The molecule has 14 heavy (non-hydrogen) atoms. The van der Waals surface area contributed by atoms with Crippen molar-refractivity contribution in [3.05, 3.63) is 0 Å². The molecule has 1 saturated heterocycles. The molecule has 0 saturated carbocycles. The molecule has 1 heterocycles. The fourth-order valence-corrected chi connectivity index (χ4v) is 1.94. The molecule has 2 heteroatoms. The second-order valence-corrected chi connectivity index (χ2v) is 4.80. The fraction of sp³-hybridized carbons (Fsp3) is 0.917. The summed E-state index contributed by atoms with van der Waals surface area (Å²) in [5.41, 5.74) is 0.0152. The Hall–Kier alpha value is -0.530. The minimum absolute atomic E-state index is 0.0152. The van der Waals surface area contributed by atoms with E-state index in [1.807, 2.05) is 13.8 Å². The highest BCUT2D eigenvalue weighted by Gasteiger charge is 2.38. The third-order valence-corrected chi connectivity index (χ3v) is 2.67. The van der Waals surface area contributed by atoms with Crippen LogP contribution in [-0.4, -0.2) is 11.4 Å². The highest BCUT2D eigenvalue weighted by molar-refractivity contribution is 5.79. The molecule has 1 aliphatic heterocycles. The summed E-state index contributed by atoms with van der Waals surface area (Å²) in [5.74, 6) is 1.41. The van der Waals surface area contributed by atoms with E-state index >= 15 is 0 Å². The number of carbonyl (C=O) groups excluding carboxylic acids is 1. The first kappa shape index (κ1) is 13.5. The Balaban J connectivity index is 0.000000791. The molecule has 2 nitrogen and oxygen atoms in total. The number of carbonyl (C=O) groups is 1. The number of rotatable bonds is 2.